The van der Waals surface area contributed by atoms with Crippen LogP contribution >= 0.6 is 0 Å². The van der Waals surface area contributed by atoms with Crippen LogP contribution in [0, 0.1) is 5.92 Å². The van der Waals surface area contributed by atoms with E-state index in [2.05, 4.69) is 16.3 Å². The third kappa shape index (κ3) is 3.38. The molecule has 1 saturated heterocycles. The topological polar surface area (TPSA) is 41.6 Å². The summed E-state index contributed by atoms with van der Waals surface area (Å²) in [6.45, 7) is 2.54. The second-order valence-corrected chi connectivity index (χ2v) is 6.05. The predicted molar refractivity (Wildman–Crippen MR) is 82.2 cm³/mol. The van der Waals surface area contributed by atoms with Crippen molar-refractivity contribution < 1.29 is 9.53 Å². The standard InChI is InChI=1S/C17H24N2O2/c1-21-16-7-3-2-5-14(16)12-19(15-8-9-15)17(20)13-6-4-10-18-11-13/h2-3,5,7,13,15,18H,4,6,8-12H2,1H3. The molecule has 1 atom stereocenters. The van der Waals surface area contributed by atoms with Gasteiger partial charge in [0.05, 0.1) is 13.0 Å². The first-order chi connectivity index (χ1) is 10.3. The van der Waals surface area contributed by atoms with Crippen LogP contribution in [0.1, 0.15) is 31.2 Å². The number of carbonyl (C=O) groups excluding carboxylic acids is 1. The molecule has 1 aliphatic heterocycles. The van der Waals surface area contributed by atoms with E-state index in [0.29, 0.717) is 18.5 Å². The van der Waals surface area contributed by atoms with Crippen LogP contribution in [0.25, 0.3) is 0 Å². The van der Waals surface area contributed by atoms with Gasteiger partial charge in [-0.1, -0.05) is 18.2 Å². The van der Waals surface area contributed by atoms with Crippen LogP contribution in [-0.4, -0.2) is 37.0 Å². The summed E-state index contributed by atoms with van der Waals surface area (Å²) >= 11 is 0. The molecule has 1 aromatic rings. The number of rotatable bonds is 5. The summed E-state index contributed by atoms with van der Waals surface area (Å²) in [5.74, 6) is 1.34. The van der Waals surface area contributed by atoms with E-state index in [9.17, 15) is 4.79 Å². The van der Waals surface area contributed by atoms with E-state index in [0.717, 1.165) is 50.1 Å². The maximum absolute atomic E-state index is 12.8. The van der Waals surface area contributed by atoms with Crippen molar-refractivity contribution in [2.45, 2.75) is 38.3 Å². The summed E-state index contributed by atoms with van der Waals surface area (Å²) in [5.41, 5.74) is 1.10. The molecule has 0 radical (unpaired) electrons. The van der Waals surface area contributed by atoms with Gasteiger partial charge in [-0.05, 0) is 38.3 Å². The van der Waals surface area contributed by atoms with Gasteiger partial charge in [0.1, 0.15) is 5.75 Å². The van der Waals surface area contributed by atoms with Crippen LogP contribution in [-0.2, 0) is 11.3 Å². The number of methoxy groups -OCH3 is 1. The minimum Gasteiger partial charge on any atom is -0.496 e. The van der Waals surface area contributed by atoms with Gasteiger partial charge in [-0.2, -0.15) is 0 Å². The lowest BCUT2D eigenvalue weighted by Crippen LogP contribution is -2.43. The Kier molecular flexibility index (Phi) is 4.44. The van der Waals surface area contributed by atoms with E-state index in [1.54, 1.807) is 7.11 Å². The fourth-order valence-electron chi connectivity index (χ4n) is 3.09. The Hall–Kier alpha value is -1.55. The molecular weight excluding hydrogens is 264 g/mol. The molecule has 1 saturated carbocycles. The smallest absolute Gasteiger partial charge is 0.227 e. The van der Waals surface area contributed by atoms with E-state index >= 15 is 0 Å². The largest absolute Gasteiger partial charge is 0.496 e. The number of nitrogens with zero attached hydrogens (tertiary/aromatic N) is 1. The van der Waals surface area contributed by atoms with Gasteiger partial charge in [0.25, 0.3) is 0 Å². The zero-order valence-electron chi connectivity index (χ0n) is 12.7. The zero-order chi connectivity index (χ0) is 14.7. The van der Waals surface area contributed by atoms with Crippen molar-refractivity contribution in [3.05, 3.63) is 29.8 Å². The van der Waals surface area contributed by atoms with Gasteiger partial charge in [-0.3, -0.25) is 4.79 Å². The highest BCUT2D eigenvalue weighted by molar-refractivity contribution is 5.80. The van der Waals surface area contributed by atoms with Crippen molar-refractivity contribution >= 4 is 5.91 Å². The lowest BCUT2D eigenvalue weighted by atomic mass is 9.97. The van der Waals surface area contributed by atoms with Gasteiger partial charge in [-0.15, -0.1) is 0 Å². The first kappa shape index (κ1) is 14.4. The van der Waals surface area contributed by atoms with Crippen molar-refractivity contribution in [1.29, 1.82) is 0 Å². The monoisotopic (exact) mass is 288 g/mol. The molecule has 1 aliphatic carbocycles. The molecule has 1 unspecified atom stereocenters. The second kappa shape index (κ2) is 6.48. The molecule has 0 aromatic heterocycles. The zero-order valence-corrected chi connectivity index (χ0v) is 12.7. The van der Waals surface area contributed by atoms with Crippen LogP contribution in [0.15, 0.2) is 24.3 Å². The number of carbonyl (C=O) groups is 1. The summed E-state index contributed by atoms with van der Waals surface area (Å²) < 4.78 is 5.42. The Morgan fingerprint density at radius 3 is 2.81 bits per heavy atom. The molecule has 1 heterocycles. The lowest BCUT2D eigenvalue weighted by molar-refractivity contribution is -0.137. The van der Waals surface area contributed by atoms with Crippen LogP contribution in [0.4, 0.5) is 0 Å². The molecule has 1 N–H and O–H groups in total. The average molecular weight is 288 g/mol. The van der Waals surface area contributed by atoms with Gasteiger partial charge in [0, 0.05) is 24.7 Å². The summed E-state index contributed by atoms with van der Waals surface area (Å²) in [4.78, 5) is 14.9. The summed E-state index contributed by atoms with van der Waals surface area (Å²) in [6.07, 6.45) is 4.40. The van der Waals surface area contributed by atoms with Crippen molar-refractivity contribution in [2.24, 2.45) is 5.92 Å². The molecule has 114 valence electrons. The molecule has 21 heavy (non-hydrogen) atoms. The van der Waals surface area contributed by atoms with Crippen LogP contribution in [0.5, 0.6) is 5.75 Å². The van der Waals surface area contributed by atoms with E-state index in [1.165, 1.54) is 0 Å². The third-order valence-corrected chi connectivity index (χ3v) is 4.45. The Morgan fingerprint density at radius 2 is 2.14 bits per heavy atom. The fraction of sp³-hybridized carbons (Fsp3) is 0.588. The number of piperidine rings is 1. The van der Waals surface area contributed by atoms with Gasteiger partial charge in [-0.25, -0.2) is 0 Å². The minimum absolute atomic E-state index is 0.147. The molecule has 4 heteroatoms. The molecule has 4 nitrogen and oxygen atoms in total. The van der Waals surface area contributed by atoms with Crippen molar-refractivity contribution in [2.75, 3.05) is 20.2 Å². The Morgan fingerprint density at radius 1 is 1.33 bits per heavy atom. The molecule has 1 aromatic carbocycles. The van der Waals surface area contributed by atoms with Gasteiger partial charge in [0.15, 0.2) is 0 Å². The SMILES string of the molecule is COc1ccccc1CN(C(=O)C1CCCNC1)C1CC1. The maximum atomic E-state index is 12.8. The number of hydrogen-bond donors (Lipinski definition) is 1. The lowest BCUT2D eigenvalue weighted by Gasteiger charge is -2.30. The van der Waals surface area contributed by atoms with Crippen molar-refractivity contribution in [3.63, 3.8) is 0 Å². The van der Waals surface area contributed by atoms with E-state index < -0.39 is 0 Å². The highest BCUT2D eigenvalue weighted by atomic mass is 16.5. The number of ether oxygens (including phenoxy) is 1. The van der Waals surface area contributed by atoms with Crippen LogP contribution in [0.3, 0.4) is 0 Å². The average Bonchev–Trinajstić information content (AvgIpc) is 3.38. The summed E-state index contributed by atoms with van der Waals surface area (Å²) in [5, 5.41) is 3.34. The van der Waals surface area contributed by atoms with E-state index in [4.69, 9.17) is 4.74 Å². The van der Waals surface area contributed by atoms with Crippen LogP contribution < -0.4 is 10.1 Å². The van der Waals surface area contributed by atoms with Gasteiger partial charge >= 0.3 is 0 Å². The number of hydrogen-bond acceptors (Lipinski definition) is 3. The number of nitrogens with one attached hydrogen (secondary N) is 1. The van der Waals surface area contributed by atoms with Gasteiger partial charge < -0.3 is 15.0 Å². The minimum atomic E-state index is 0.147. The molecule has 1 amide bonds. The molecule has 0 bridgehead atoms. The van der Waals surface area contributed by atoms with Crippen LogP contribution in [0.2, 0.25) is 0 Å². The summed E-state index contributed by atoms with van der Waals surface area (Å²) in [6, 6.07) is 8.43. The normalized spacial score (nSPS) is 21.9. The van der Waals surface area contributed by atoms with Crippen molar-refractivity contribution in [1.82, 2.24) is 10.2 Å². The highest BCUT2D eigenvalue weighted by Gasteiger charge is 2.36. The fourth-order valence-corrected chi connectivity index (χ4v) is 3.09. The Bertz CT molecular complexity index is 493. The number of amides is 1. The van der Waals surface area contributed by atoms with E-state index in [-0.39, 0.29) is 5.92 Å². The first-order valence-corrected chi connectivity index (χ1v) is 7.92. The Balaban J connectivity index is 1.73. The van der Waals surface area contributed by atoms with E-state index in [1.807, 2.05) is 18.2 Å². The quantitative estimate of drug-likeness (QED) is 0.903. The molecule has 2 fully saturated rings. The molecule has 2 aliphatic rings. The summed E-state index contributed by atoms with van der Waals surface area (Å²) in [7, 11) is 1.69. The predicted octanol–water partition coefficient (Wildman–Crippen LogP) is 2.19. The molecule has 3 rings (SSSR count). The Labute approximate surface area is 126 Å². The van der Waals surface area contributed by atoms with Gasteiger partial charge in [0.2, 0.25) is 5.91 Å². The first-order valence-electron chi connectivity index (χ1n) is 7.92. The highest BCUT2D eigenvalue weighted by Crippen LogP contribution is 2.32. The third-order valence-electron chi connectivity index (χ3n) is 4.45. The van der Waals surface area contributed by atoms with Crippen molar-refractivity contribution in [3.8, 4) is 5.75 Å². The molecular formula is C17H24N2O2. The second-order valence-electron chi connectivity index (χ2n) is 6.05. The number of benzene rings is 1. The maximum Gasteiger partial charge on any atom is 0.227 e. The number of para-hydroxylation sites is 1. The molecule has 0 spiro atoms.